The Kier molecular flexibility index (Phi) is 4.05. The third-order valence-corrected chi connectivity index (χ3v) is 2.29. The van der Waals surface area contributed by atoms with Crippen LogP contribution in [0.3, 0.4) is 0 Å². The van der Waals surface area contributed by atoms with E-state index in [0.717, 1.165) is 12.3 Å². The second-order valence-electron chi connectivity index (χ2n) is 3.82. The standard InChI is InChI=1S/C10H12F4N2O/c1-9(6-17,16-5-10(12,13)14)8-3-2-7(11)4-15-8/h2-4,16-17H,5-6H2,1H3. The molecule has 2 N–H and O–H groups in total. The fourth-order valence-corrected chi connectivity index (χ4v) is 1.22. The lowest BCUT2D eigenvalue weighted by molar-refractivity contribution is -0.129. The number of nitrogens with one attached hydrogen (secondary N) is 1. The summed E-state index contributed by atoms with van der Waals surface area (Å²) in [5.74, 6) is -0.593. The van der Waals surface area contributed by atoms with Gasteiger partial charge in [-0.1, -0.05) is 0 Å². The number of aromatic nitrogens is 1. The van der Waals surface area contributed by atoms with Crippen LogP contribution < -0.4 is 5.32 Å². The SMILES string of the molecule is CC(CO)(NCC(F)(F)F)c1ccc(F)cn1. The molecule has 0 aromatic carbocycles. The van der Waals surface area contributed by atoms with Crippen LogP contribution in [0.15, 0.2) is 18.3 Å². The number of nitrogens with zero attached hydrogens (tertiary/aromatic N) is 1. The lowest BCUT2D eigenvalue weighted by atomic mass is 9.98. The van der Waals surface area contributed by atoms with Crippen molar-refractivity contribution in [1.29, 1.82) is 0 Å². The molecule has 0 fully saturated rings. The minimum Gasteiger partial charge on any atom is -0.394 e. The first-order chi connectivity index (χ1) is 7.77. The van der Waals surface area contributed by atoms with Crippen LogP contribution in [-0.4, -0.2) is 29.4 Å². The molecule has 1 rings (SSSR count). The quantitative estimate of drug-likeness (QED) is 0.800. The van der Waals surface area contributed by atoms with Crippen LogP contribution in [0.5, 0.6) is 0 Å². The smallest absolute Gasteiger partial charge is 0.394 e. The molecule has 0 saturated carbocycles. The lowest BCUT2D eigenvalue weighted by Crippen LogP contribution is -2.47. The van der Waals surface area contributed by atoms with E-state index in [0.29, 0.717) is 0 Å². The Balaban J connectivity index is 2.84. The third-order valence-electron chi connectivity index (χ3n) is 2.29. The van der Waals surface area contributed by atoms with E-state index in [1.165, 1.54) is 13.0 Å². The maximum absolute atomic E-state index is 12.6. The van der Waals surface area contributed by atoms with Crippen molar-refractivity contribution in [2.75, 3.05) is 13.2 Å². The number of alkyl halides is 3. The van der Waals surface area contributed by atoms with Gasteiger partial charge in [-0.2, -0.15) is 13.2 Å². The number of hydrogen-bond acceptors (Lipinski definition) is 3. The molecule has 1 atom stereocenters. The van der Waals surface area contributed by atoms with Gasteiger partial charge in [0, 0.05) is 0 Å². The Labute approximate surface area is 95.5 Å². The second kappa shape index (κ2) is 4.97. The van der Waals surface area contributed by atoms with Crippen LogP contribution >= 0.6 is 0 Å². The van der Waals surface area contributed by atoms with Gasteiger partial charge < -0.3 is 5.11 Å². The molecule has 1 aromatic rings. The molecular formula is C10H12F4N2O. The predicted molar refractivity (Wildman–Crippen MR) is 52.7 cm³/mol. The minimum atomic E-state index is -4.39. The predicted octanol–water partition coefficient (Wildman–Crippen LogP) is 1.58. The Bertz CT molecular complexity index is 366. The molecule has 0 bridgehead atoms. The van der Waals surface area contributed by atoms with Crippen LogP contribution in [-0.2, 0) is 5.54 Å². The molecule has 0 radical (unpaired) electrons. The van der Waals surface area contributed by atoms with Gasteiger partial charge >= 0.3 is 6.18 Å². The molecule has 0 aliphatic rings. The number of rotatable bonds is 4. The number of halogens is 4. The van der Waals surface area contributed by atoms with Gasteiger partial charge in [0.1, 0.15) is 5.82 Å². The van der Waals surface area contributed by atoms with E-state index in [1.807, 2.05) is 0 Å². The highest BCUT2D eigenvalue weighted by Gasteiger charge is 2.34. The van der Waals surface area contributed by atoms with E-state index < -0.39 is 30.7 Å². The monoisotopic (exact) mass is 252 g/mol. The van der Waals surface area contributed by atoms with Gasteiger partial charge in [0.25, 0.3) is 0 Å². The normalized spacial score (nSPS) is 15.6. The first-order valence-corrected chi connectivity index (χ1v) is 4.81. The van der Waals surface area contributed by atoms with E-state index in [9.17, 15) is 17.6 Å². The summed E-state index contributed by atoms with van der Waals surface area (Å²) in [4.78, 5) is 3.66. The number of pyridine rings is 1. The molecular weight excluding hydrogens is 240 g/mol. The number of aliphatic hydroxyl groups excluding tert-OH is 1. The molecule has 96 valence electrons. The zero-order valence-electron chi connectivity index (χ0n) is 9.05. The molecule has 7 heteroatoms. The fraction of sp³-hybridized carbons (Fsp3) is 0.500. The van der Waals surface area contributed by atoms with Crippen LogP contribution in [0.4, 0.5) is 17.6 Å². The minimum absolute atomic E-state index is 0.144. The van der Waals surface area contributed by atoms with Crippen molar-refractivity contribution in [2.45, 2.75) is 18.6 Å². The first kappa shape index (κ1) is 13.9. The van der Waals surface area contributed by atoms with Gasteiger partial charge in [-0.05, 0) is 19.1 Å². The zero-order chi connectivity index (χ0) is 13.1. The Morgan fingerprint density at radius 2 is 2.00 bits per heavy atom. The average molecular weight is 252 g/mol. The van der Waals surface area contributed by atoms with Gasteiger partial charge in [-0.3, -0.25) is 10.3 Å². The summed E-state index contributed by atoms with van der Waals surface area (Å²) in [5, 5.41) is 11.3. The molecule has 1 aromatic heterocycles. The molecule has 3 nitrogen and oxygen atoms in total. The van der Waals surface area contributed by atoms with Crippen molar-refractivity contribution in [1.82, 2.24) is 10.3 Å². The maximum Gasteiger partial charge on any atom is 0.401 e. The van der Waals surface area contributed by atoms with Crippen LogP contribution in [0.1, 0.15) is 12.6 Å². The van der Waals surface area contributed by atoms with Gasteiger partial charge in [0.2, 0.25) is 0 Å². The summed E-state index contributed by atoms with van der Waals surface area (Å²) < 4.78 is 48.9. The van der Waals surface area contributed by atoms with Crippen molar-refractivity contribution in [3.8, 4) is 0 Å². The summed E-state index contributed by atoms with van der Waals surface area (Å²) >= 11 is 0. The summed E-state index contributed by atoms with van der Waals surface area (Å²) in [6.45, 7) is -0.482. The van der Waals surface area contributed by atoms with E-state index in [4.69, 9.17) is 5.11 Å². The van der Waals surface area contributed by atoms with Crippen molar-refractivity contribution in [2.24, 2.45) is 0 Å². The summed E-state index contributed by atoms with van der Waals surface area (Å²) in [5.41, 5.74) is -1.21. The highest BCUT2D eigenvalue weighted by atomic mass is 19.4. The van der Waals surface area contributed by atoms with Crippen LogP contribution in [0.25, 0.3) is 0 Å². The fourth-order valence-electron chi connectivity index (χ4n) is 1.22. The molecule has 0 amide bonds. The highest BCUT2D eigenvalue weighted by Crippen LogP contribution is 2.21. The summed E-state index contributed by atoms with van der Waals surface area (Å²) in [6, 6.07) is 2.31. The Hall–Kier alpha value is -1.21. The van der Waals surface area contributed by atoms with Crippen LogP contribution in [0.2, 0.25) is 0 Å². The second-order valence-corrected chi connectivity index (χ2v) is 3.82. The lowest BCUT2D eigenvalue weighted by Gasteiger charge is -2.28. The molecule has 1 heterocycles. The van der Waals surface area contributed by atoms with Crippen LogP contribution in [0, 0.1) is 5.82 Å². The molecule has 0 aliphatic heterocycles. The van der Waals surface area contributed by atoms with Crippen molar-refractivity contribution in [3.05, 3.63) is 29.8 Å². The van der Waals surface area contributed by atoms with Crippen molar-refractivity contribution >= 4 is 0 Å². The number of aliphatic hydroxyl groups is 1. The Morgan fingerprint density at radius 3 is 2.41 bits per heavy atom. The topological polar surface area (TPSA) is 45.1 Å². The third kappa shape index (κ3) is 3.94. The van der Waals surface area contributed by atoms with Gasteiger partial charge in [-0.15, -0.1) is 0 Å². The average Bonchev–Trinajstić information content (AvgIpc) is 2.26. The summed E-state index contributed by atoms with van der Waals surface area (Å²) in [6.07, 6.45) is -3.50. The van der Waals surface area contributed by atoms with E-state index in [2.05, 4.69) is 10.3 Å². The molecule has 0 spiro atoms. The highest BCUT2D eigenvalue weighted by molar-refractivity contribution is 5.15. The molecule has 17 heavy (non-hydrogen) atoms. The van der Waals surface area contributed by atoms with Gasteiger partial charge in [0.15, 0.2) is 0 Å². The largest absolute Gasteiger partial charge is 0.401 e. The molecule has 0 saturated heterocycles. The van der Waals surface area contributed by atoms with E-state index >= 15 is 0 Å². The summed E-state index contributed by atoms with van der Waals surface area (Å²) in [7, 11) is 0. The zero-order valence-corrected chi connectivity index (χ0v) is 9.05. The molecule has 0 aliphatic carbocycles. The van der Waals surface area contributed by atoms with Gasteiger partial charge in [-0.25, -0.2) is 4.39 Å². The van der Waals surface area contributed by atoms with E-state index in [-0.39, 0.29) is 5.69 Å². The van der Waals surface area contributed by atoms with Crippen molar-refractivity contribution < 1.29 is 22.7 Å². The first-order valence-electron chi connectivity index (χ1n) is 4.81. The van der Waals surface area contributed by atoms with Gasteiger partial charge in [0.05, 0.1) is 30.6 Å². The van der Waals surface area contributed by atoms with E-state index in [1.54, 1.807) is 0 Å². The molecule has 1 unspecified atom stereocenters. The van der Waals surface area contributed by atoms with Crippen molar-refractivity contribution in [3.63, 3.8) is 0 Å². The maximum atomic E-state index is 12.6. The number of hydrogen-bond donors (Lipinski definition) is 2. The Morgan fingerprint density at radius 1 is 1.35 bits per heavy atom.